The van der Waals surface area contributed by atoms with Crippen molar-refractivity contribution in [3.63, 3.8) is 0 Å². The molecule has 0 radical (unpaired) electrons. The molecular formula is C8H9ClF2N2. The Labute approximate surface area is 79.7 Å². The highest BCUT2D eigenvalue weighted by Gasteiger charge is 2.18. The van der Waals surface area contributed by atoms with Crippen LogP contribution in [0.15, 0.2) is 12.1 Å². The van der Waals surface area contributed by atoms with Crippen molar-refractivity contribution < 1.29 is 8.78 Å². The highest BCUT2D eigenvalue weighted by Crippen LogP contribution is 2.20. The third-order valence-corrected chi connectivity index (χ3v) is 1.79. The molecule has 0 saturated carbocycles. The maximum atomic E-state index is 12.2. The van der Waals surface area contributed by atoms with E-state index < -0.39 is 12.5 Å². The average molecular weight is 207 g/mol. The Bertz CT molecular complexity index is 284. The molecule has 0 bridgehead atoms. The minimum Gasteiger partial charge on any atom is -0.319 e. The van der Waals surface area contributed by atoms with Crippen LogP contribution in [0.1, 0.15) is 17.3 Å². The number of rotatable bonds is 2. The van der Waals surface area contributed by atoms with Gasteiger partial charge in [0.05, 0.1) is 6.04 Å². The molecule has 0 aromatic carbocycles. The zero-order chi connectivity index (χ0) is 10.0. The summed E-state index contributed by atoms with van der Waals surface area (Å²) in [4.78, 5) is 3.84. The standard InChI is InChI=1S/C8H9ClF2N2/c1-4-2-5(3-6(9)13-4)7(12)8(10)11/h2-3,7-8H,12H2,1H3. The van der Waals surface area contributed by atoms with Gasteiger partial charge in [-0.05, 0) is 24.6 Å². The van der Waals surface area contributed by atoms with Crippen LogP contribution < -0.4 is 5.73 Å². The summed E-state index contributed by atoms with van der Waals surface area (Å²) in [6.45, 7) is 1.67. The number of alkyl halides is 2. The van der Waals surface area contributed by atoms with Crippen molar-refractivity contribution in [2.75, 3.05) is 0 Å². The summed E-state index contributed by atoms with van der Waals surface area (Å²) < 4.78 is 24.4. The Hall–Kier alpha value is -0.740. The zero-order valence-corrected chi connectivity index (χ0v) is 7.72. The summed E-state index contributed by atoms with van der Waals surface area (Å²) in [7, 11) is 0. The maximum Gasteiger partial charge on any atom is 0.257 e. The van der Waals surface area contributed by atoms with Gasteiger partial charge in [-0.15, -0.1) is 0 Å². The van der Waals surface area contributed by atoms with Gasteiger partial charge in [0.25, 0.3) is 6.43 Å². The predicted octanol–water partition coefficient (Wildman–Crippen LogP) is 2.31. The second-order valence-corrected chi connectivity index (χ2v) is 3.11. The molecule has 1 aromatic rings. The molecule has 1 atom stereocenters. The summed E-state index contributed by atoms with van der Waals surface area (Å²) >= 11 is 5.59. The van der Waals surface area contributed by atoms with E-state index in [0.29, 0.717) is 11.3 Å². The van der Waals surface area contributed by atoms with E-state index in [1.165, 1.54) is 12.1 Å². The summed E-state index contributed by atoms with van der Waals surface area (Å²) in [5, 5.41) is 0.186. The Balaban J connectivity index is 3.01. The van der Waals surface area contributed by atoms with Crippen LogP contribution in [0.4, 0.5) is 8.78 Å². The number of nitrogens with zero attached hydrogens (tertiary/aromatic N) is 1. The fourth-order valence-corrected chi connectivity index (χ4v) is 1.25. The SMILES string of the molecule is Cc1cc(C(N)C(F)F)cc(Cl)n1. The molecule has 2 N–H and O–H groups in total. The molecule has 2 nitrogen and oxygen atoms in total. The van der Waals surface area contributed by atoms with E-state index in [2.05, 4.69) is 4.98 Å². The summed E-state index contributed by atoms with van der Waals surface area (Å²) in [6.07, 6.45) is -2.59. The van der Waals surface area contributed by atoms with E-state index >= 15 is 0 Å². The lowest BCUT2D eigenvalue weighted by atomic mass is 10.1. The first-order chi connectivity index (χ1) is 6.00. The molecule has 1 rings (SSSR count). The van der Waals surface area contributed by atoms with Crippen LogP contribution in [-0.4, -0.2) is 11.4 Å². The van der Waals surface area contributed by atoms with Gasteiger partial charge in [-0.25, -0.2) is 13.8 Å². The summed E-state index contributed by atoms with van der Waals surface area (Å²) in [5.74, 6) is 0. The summed E-state index contributed by atoms with van der Waals surface area (Å²) in [6, 6.07) is 1.56. The van der Waals surface area contributed by atoms with E-state index in [4.69, 9.17) is 17.3 Å². The number of nitrogens with two attached hydrogens (primary N) is 1. The maximum absolute atomic E-state index is 12.2. The van der Waals surface area contributed by atoms with Crippen LogP contribution in [0, 0.1) is 6.92 Å². The van der Waals surface area contributed by atoms with E-state index in [1.54, 1.807) is 6.92 Å². The van der Waals surface area contributed by atoms with E-state index in [1.807, 2.05) is 0 Å². The van der Waals surface area contributed by atoms with Crippen molar-refractivity contribution in [3.05, 3.63) is 28.5 Å². The van der Waals surface area contributed by atoms with Crippen LogP contribution >= 0.6 is 11.6 Å². The van der Waals surface area contributed by atoms with Gasteiger partial charge in [0.15, 0.2) is 0 Å². The van der Waals surface area contributed by atoms with E-state index in [-0.39, 0.29) is 5.15 Å². The first-order valence-electron chi connectivity index (χ1n) is 3.68. The Morgan fingerprint density at radius 1 is 1.46 bits per heavy atom. The number of aryl methyl sites for hydroxylation is 1. The average Bonchev–Trinajstić information content (AvgIpc) is 2.01. The highest BCUT2D eigenvalue weighted by molar-refractivity contribution is 6.29. The van der Waals surface area contributed by atoms with Crippen molar-refractivity contribution in [1.29, 1.82) is 0 Å². The second kappa shape index (κ2) is 3.98. The molecule has 0 aliphatic heterocycles. The monoisotopic (exact) mass is 206 g/mol. The largest absolute Gasteiger partial charge is 0.319 e. The molecule has 5 heteroatoms. The molecule has 0 aliphatic carbocycles. The molecule has 0 amide bonds. The first kappa shape index (κ1) is 10.3. The van der Waals surface area contributed by atoms with Crippen molar-refractivity contribution >= 4 is 11.6 Å². The molecule has 0 saturated heterocycles. The number of pyridine rings is 1. The van der Waals surface area contributed by atoms with Crippen LogP contribution in [0.25, 0.3) is 0 Å². The number of aromatic nitrogens is 1. The Kier molecular flexibility index (Phi) is 3.17. The molecule has 13 heavy (non-hydrogen) atoms. The van der Waals surface area contributed by atoms with Crippen LogP contribution in [-0.2, 0) is 0 Å². The van der Waals surface area contributed by atoms with Crippen LogP contribution in [0.2, 0.25) is 5.15 Å². The first-order valence-corrected chi connectivity index (χ1v) is 4.06. The Morgan fingerprint density at radius 2 is 2.08 bits per heavy atom. The van der Waals surface area contributed by atoms with Gasteiger partial charge in [0.1, 0.15) is 5.15 Å². The second-order valence-electron chi connectivity index (χ2n) is 2.72. The lowest BCUT2D eigenvalue weighted by Crippen LogP contribution is -2.19. The van der Waals surface area contributed by atoms with Gasteiger partial charge >= 0.3 is 0 Å². The molecule has 1 unspecified atom stereocenters. The van der Waals surface area contributed by atoms with Gasteiger partial charge in [-0.3, -0.25) is 0 Å². The molecular weight excluding hydrogens is 198 g/mol. The molecule has 72 valence electrons. The van der Waals surface area contributed by atoms with Gasteiger partial charge in [-0.1, -0.05) is 11.6 Å². The minimum atomic E-state index is -2.59. The summed E-state index contributed by atoms with van der Waals surface area (Å²) in [5.41, 5.74) is 6.13. The quantitative estimate of drug-likeness (QED) is 0.755. The van der Waals surface area contributed by atoms with Crippen LogP contribution in [0.3, 0.4) is 0 Å². The van der Waals surface area contributed by atoms with Crippen molar-refractivity contribution in [2.24, 2.45) is 5.73 Å². The zero-order valence-electron chi connectivity index (χ0n) is 6.97. The molecule has 0 aliphatic rings. The van der Waals surface area contributed by atoms with Crippen molar-refractivity contribution in [3.8, 4) is 0 Å². The lowest BCUT2D eigenvalue weighted by Gasteiger charge is -2.11. The number of halogens is 3. The van der Waals surface area contributed by atoms with Crippen molar-refractivity contribution in [1.82, 2.24) is 4.98 Å². The predicted molar refractivity (Wildman–Crippen MR) is 46.9 cm³/mol. The van der Waals surface area contributed by atoms with Crippen LogP contribution in [0.5, 0.6) is 0 Å². The smallest absolute Gasteiger partial charge is 0.257 e. The van der Waals surface area contributed by atoms with Gasteiger partial charge in [0, 0.05) is 5.69 Å². The molecule has 1 heterocycles. The van der Waals surface area contributed by atoms with Gasteiger partial charge < -0.3 is 5.73 Å². The highest BCUT2D eigenvalue weighted by atomic mass is 35.5. The molecule has 0 spiro atoms. The van der Waals surface area contributed by atoms with E-state index in [0.717, 1.165) is 0 Å². The topological polar surface area (TPSA) is 38.9 Å². The lowest BCUT2D eigenvalue weighted by molar-refractivity contribution is 0.116. The van der Waals surface area contributed by atoms with E-state index in [9.17, 15) is 8.78 Å². The molecule has 1 aromatic heterocycles. The third kappa shape index (κ3) is 2.60. The van der Waals surface area contributed by atoms with Gasteiger partial charge in [0.2, 0.25) is 0 Å². The Morgan fingerprint density at radius 3 is 2.54 bits per heavy atom. The molecule has 0 fully saturated rings. The van der Waals surface area contributed by atoms with Gasteiger partial charge in [-0.2, -0.15) is 0 Å². The fraction of sp³-hybridized carbons (Fsp3) is 0.375. The fourth-order valence-electron chi connectivity index (χ4n) is 0.991. The van der Waals surface area contributed by atoms with Crippen molar-refractivity contribution in [2.45, 2.75) is 19.4 Å². The number of hydrogen-bond donors (Lipinski definition) is 1. The normalized spacial score (nSPS) is 13.4. The third-order valence-electron chi connectivity index (χ3n) is 1.60. The number of hydrogen-bond acceptors (Lipinski definition) is 2. The minimum absolute atomic E-state index is 0.186.